The lowest BCUT2D eigenvalue weighted by Crippen LogP contribution is -2.54. The number of carbonyl (C=O) groups is 1. The predicted octanol–water partition coefficient (Wildman–Crippen LogP) is 3.74. The van der Waals surface area contributed by atoms with Gasteiger partial charge in [-0.15, -0.1) is 0 Å². The molecule has 7 nitrogen and oxygen atoms in total. The number of amides is 1. The van der Waals surface area contributed by atoms with Crippen LogP contribution in [0.1, 0.15) is 58.6 Å². The Balaban J connectivity index is 1.36. The van der Waals surface area contributed by atoms with Crippen molar-refractivity contribution in [2.75, 3.05) is 44.3 Å². The van der Waals surface area contributed by atoms with Crippen LogP contribution in [0.3, 0.4) is 0 Å². The molecule has 0 bridgehead atoms. The highest BCUT2D eigenvalue weighted by atomic mass is 19.4. The molecule has 0 spiro atoms. The van der Waals surface area contributed by atoms with E-state index in [4.69, 9.17) is 4.74 Å². The molecule has 0 aromatic carbocycles. The van der Waals surface area contributed by atoms with Crippen LogP contribution in [0.2, 0.25) is 0 Å². The summed E-state index contributed by atoms with van der Waals surface area (Å²) in [6, 6.07) is 1.60. The molecule has 1 unspecified atom stereocenters. The fourth-order valence-corrected chi connectivity index (χ4v) is 5.99. The van der Waals surface area contributed by atoms with Crippen molar-refractivity contribution in [2.45, 2.75) is 71.1 Å². The minimum absolute atomic E-state index is 0.0673. The number of aromatic nitrogens is 2. The maximum absolute atomic E-state index is 13.8. The molecule has 1 aliphatic carbocycles. The Morgan fingerprint density at radius 1 is 1.14 bits per heavy atom. The van der Waals surface area contributed by atoms with Crippen molar-refractivity contribution in [1.82, 2.24) is 20.2 Å². The maximum atomic E-state index is 13.8. The zero-order valence-electron chi connectivity index (χ0n) is 21.0. The van der Waals surface area contributed by atoms with E-state index in [1.165, 1.54) is 0 Å². The second-order valence-electron chi connectivity index (χ2n) is 10.7. The van der Waals surface area contributed by atoms with E-state index in [0.717, 1.165) is 57.6 Å². The zero-order valence-corrected chi connectivity index (χ0v) is 21.0. The Morgan fingerprint density at radius 3 is 2.46 bits per heavy atom. The third-order valence-electron chi connectivity index (χ3n) is 8.34. The Bertz CT molecular complexity index is 869. The van der Waals surface area contributed by atoms with Crippen LogP contribution >= 0.6 is 0 Å². The van der Waals surface area contributed by atoms with Gasteiger partial charge >= 0.3 is 6.18 Å². The summed E-state index contributed by atoms with van der Waals surface area (Å²) in [5.74, 6) is 1.07. The average molecular weight is 498 g/mol. The Kier molecular flexibility index (Phi) is 7.90. The molecule has 2 aliphatic heterocycles. The van der Waals surface area contributed by atoms with Gasteiger partial charge in [0.2, 0.25) is 11.9 Å². The predicted molar refractivity (Wildman–Crippen MR) is 127 cm³/mol. The molecule has 3 atom stereocenters. The van der Waals surface area contributed by atoms with Crippen LogP contribution in [0.5, 0.6) is 0 Å². The van der Waals surface area contributed by atoms with Crippen molar-refractivity contribution in [3.8, 4) is 0 Å². The molecule has 4 rings (SSSR count). The van der Waals surface area contributed by atoms with E-state index in [9.17, 15) is 18.0 Å². The molecule has 1 aromatic rings. The van der Waals surface area contributed by atoms with E-state index in [1.807, 2.05) is 4.90 Å². The SMILES string of the molecule is CC(N[C@@H]1CC[C@@](C(=O)N2CCN(c3nccc(C(F)(F)F)n3)CC2)(C(C)C)C1)C1CCOCC1. The first-order chi connectivity index (χ1) is 16.6. The second kappa shape index (κ2) is 10.6. The Labute approximate surface area is 205 Å². The molecule has 35 heavy (non-hydrogen) atoms. The molecule has 1 aromatic heterocycles. The fraction of sp³-hybridized carbons (Fsp3) is 0.800. The first-order valence-electron chi connectivity index (χ1n) is 12.9. The van der Waals surface area contributed by atoms with E-state index in [0.29, 0.717) is 44.2 Å². The molecule has 3 fully saturated rings. The summed E-state index contributed by atoms with van der Waals surface area (Å²) in [6.45, 7) is 9.94. The highest BCUT2D eigenvalue weighted by Gasteiger charge is 2.50. The van der Waals surface area contributed by atoms with Gasteiger partial charge in [-0.25, -0.2) is 9.97 Å². The number of halogens is 3. The molecule has 2 saturated heterocycles. The van der Waals surface area contributed by atoms with Crippen LogP contribution in [-0.2, 0) is 15.7 Å². The van der Waals surface area contributed by atoms with Crippen LogP contribution in [0, 0.1) is 17.3 Å². The molecule has 1 saturated carbocycles. The van der Waals surface area contributed by atoms with Crippen molar-refractivity contribution in [3.63, 3.8) is 0 Å². The highest BCUT2D eigenvalue weighted by molar-refractivity contribution is 5.83. The van der Waals surface area contributed by atoms with Gasteiger partial charge in [0.1, 0.15) is 5.69 Å². The van der Waals surface area contributed by atoms with Crippen LogP contribution in [-0.4, -0.2) is 72.3 Å². The van der Waals surface area contributed by atoms with Crippen molar-refractivity contribution in [2.24, 2.45) is 17.3 Å². The van der Waals surface area contributed by atoms with E-state index in [1.54, 1.807) is 4.90 Å². The number of nitrogens with one attached hydrogen (secondary N) is 1. The molecule has 0 radical (unpaired) electrons. The minimum Gasteiger partial charge on any atom is -0.381 e. The van der Waals surface area contributed by atoms with Crippen LogP contribution in [0.15, 0.2) is 12.3 Å². The van der Waals surface area contributed by atoms with Gasteiger partial charge in [-0.3, -0.25) is 4.79 Å². The Morgan fingerprint density at radius 2 is 1.83 bits per heavy atom. The summed E-state index contributed by atoms with van der Waals surface area (Å²) < 4.78 is 44.6. The number of carbonyl (C=O) groups excluding carboxylic acids is 1. The third-order valence-corrected chi connectivity index (χ3v) is 8.34. The Hall–Kier alpha value is -1.94. The minimum atomic E-state index is -4.51. The monoisotopic (exact) mass is 497 g/mol. The van der Waals surface area contributed by atoms with Gasteiger partial charge < -0.3 is 19.9 Å². The largest absolute Gasteiger partial charge is 0.433 e. The molecule has 10 heteroatoms. The van der Waals surface area contributed by atoms with Crippen LogP contribution < -0.4 is 10.2 Å². The van der Waals surface area contributed by atoms with Crippen molar-refractivity contribution in [3.05, 3.63) is 18.0 Å². The smallest absolute Gasteiger partial charge is 0.381 e. The average Bonchev–Trinajstić information content (AvgIpc) is 3.29. The summed E-state index contributed by atoms with van der Waals surface area (Å²) in [7, 11) is 0. The number of rotatable bonds is 6. The molecule has 196 valence electrons. The lowest BCUT2D eigenvalue weighted by molar-refractivity contribution is -0.145. The number of piperazine rings is 1. The lowest BCUT2D eigenvalue weighted by atomic mass is 9.74. The summed E-state index contributed by atoms with van der Waals surface area (Å²) >= 11 is 0. The van der Waals surface area contributed by atoms with E-state index >= 15 is 0 Å². The number of alkyl halides is 3. The third kappa shape index (κ3) is 5.74. The van der Waals surface area contributed by atoms with Crippen molar-refractivity contribution >= 4 is 11.9 Å². The summed E-state index contributed by atoms with van der Waals surface area (Å²) in [6.07, 6.45) is 1.46. The number of hydrogen-bond acceptors (Lipinski definition) is 6. The molecular weight excluding hydrogens is 459 g/mol. The number of anilines is 1. The zero-order chi connectivity index (χ0) is 25.2. The number of nitrogens with zero attached hydrogens (tertiary/aromatic N) is 4. The lowest BCUT2D eigenvalue weighted by Gasteiger charge is -2.42. The van der Waals surface area contributed by atoms with Gasteiger partial charge in [0.25, 0.3) is 0 Å². The summed E-state index contributed by atoms with van der Waals surface area (Å²) in [5, 5.41) is 3.82. The summed E-state index contributed by atoms with van der Waals surface area (Å²) in [5.41, 5.74) is -1.35. The van der Waals surface area contributed by atoms with Crippen molar-refractivity contribution in [1.29, 1.82) is 0 Å². The van der Waals surface area contributed by atoms with Gasteiger partial charge in [0.05, 0.1) is 5.41 Å². The van der Waals surface area contributed by atoms with E-state index in [2.05, 4.69) is 36.1 Å². The second-order valence-corrected chi connectivity index (χ2v) is 10.7. The van der Waals surface area contributed by atoms with Gasteiger partial charge in [0.15, 0.2) is 0 Å². The van der Waals surface area contributed by atoms with Crippen LogP contribution in [0.4, 0.5) is 19.1 Å². The van der Waals surface area contributed by atoms with Crippen molar-refractivity contribution < 1.29 is 22.7 Å². The van der Waals surface area contributed by atoms with Crippen LogP contribution in [0.25, 0.3) is 0 Å². The quantitative estimate of drug-likeness (QED) is 0.646. The first kappa shape index (κ1) is 26.1. The first-order valence-corrected chi connectivity index (χ1v) is 12.9. The van der Waals surface area contributed by atoms with E-state index < -0.39 is 17.3 Å². The fourth-order valence-electron chi connectivity index (χ4n) is 5.99. The number of ether oxygens (including phenoxy) is 1. The van der Waals surface area contributed by atoms with E-state index in [-0.39, 0.29) is 17.8 Å². The van der Waals surface area contributed by atoms with Gasteiger partial charge in [0, 0.05) is 57.7 Å². The van der Waals surface area contributed by atoms with Gasteiger partial charge in [-0.1, -0.05) is 13.8 Å². The van der Waals surface area contributed by atoms with Gasteiger partial charge in [-0.05, 0) is 56.9 Å². The normalized spacial score (nSPS) is 27.5. The summed E-state index contributed by atoms with van der Waals surface area (Å²) in [4.78, 5) is 25.2. The molecule has 1 amide bonds. The maximum Gasteiger partial charge on any atom is 0.433 e. The molecule has 1 N–H and O–H groups in total. The number of hydrogen-bond donors (Lipinski definition) is 1. The topological polar surface area (TPSA) is 70.6 Å². The molecular formula is C25H38F3N5O2. The van der Waals surface area contributed by atoms with Gasteiger partial charge in [-0.2, -0.15) is 13.2 Å². The molecule has 3 heterocycles. The highest BCUT2D eigenvalue weighted by Crippen LogP contribution is 2.46. The molecule has 3 aliphatic rings. The standard InChI is InChI=1S/C25H38F3N5O2/c1-17(2)24(8-4-20(16-24)30-18(3)19-6-14-35-15-7-19)22(34)32-10-12-33(13-11-32)23-29-9-5-21(31-23)25(26,27)28/h5,9,17-20,30H,4,6-8,10-16H2,1-3H3/t18?,20-,24+/m1/s1.